The fourth-order valence-corrected chi connectivity index (χ4v) is 3.37. The highest BCUT2D eigenvalue weighted by atomic mass is 19.2. The molecule has 3 aromatic carbocycles. The standard InChI is InChI=1S/C26H19F2N3/c27-24-11-8-19(13-25(24)28)16-30-15-18-6-9-22(10-7-18)26-23(12-20(14-29)17-31-26)21-4-2-1-3-5-21/h1-13,17,30H,15-16H2. The molecule has 0 radical (unpaired) electrons. The lowest BCUT2D eigenvalue weighted by molar-refractivity contribution is 0.506. The lowest BCUT2D eigenvalue weighted by Crippen LogP contribution is -2.12. The molecule has 0 bridgehead atoms. The van der Waals surface area contributed by atoms with Crippen molar-refractivity contribution in [1.82, 2.24) is 10.3 Å². The summed E-state index contributed by atoms with van der Waals surface area (Å²) in [4.78, 5) is 4.54. The molecule has 0 saturated carbocycles. The molecule has 0 aliphatic heterocycles. The molecule has 0 spiro atoms. The second kappa shape index (κ2) is 9.29. The average Bonchev–Trinajstić information content (AvgIpc) is 2.82. The van der Waals surface area contributed by atoms with E-state index in [9.17, 15) is 14.0 Å². The first-order chi connectivity index (χ1) is 15.1. The van der Waals surface area contributed by atoms with E-state index in [2.05, 4.69) is 16.4 Å². The van der Waals surface area contributed by atoms with Crippen molar-refractivity contribution in [2.75, 3.05) is 0 Å². The molecule has 5 heteroatoms. The summed E-state index contributed by atoms with van der Waals surface area (Å²) in [5, 5.41) is 12.5. The van der Waals surface area contributed by atoms with E-state index in [1.807, 2.05) is 60.7 Å². The molecular weight excluding hydrogens is 392 g/mol. The summed E-state index contributed by atoms with van der Waals surface area (Å²) in [6.07, 6.45) is 1.58. The summed E-state index contributed by atoms with van der Waals surface area (Å²) in [7, 11) is 0. The third-order valence-electron chi connectivity index (χ3n) is 4.97. The highest BCUT2D eigenvalue weighted by molar-refractivity contribution is 5.81. The average molecular weight is 411 g/mol. The second-order valence-electron chi connectivity index (χ2n) is 7.15. The third kappa shape index (κ3) is 4.82. The van der Waals surface area contributed by atoms with Crippen molar-refractivity contribution in [3.05, 3.63) is 113 Å². The molecule has 0 fully saturated rings. The minimum atomic E-state index is -0.842. The maximum atomic E-state index is 13.3. The Morgan fingerprint density at radius 2 is 1.48 bits per heavy atom. The summed E-state index contributed by atoms with van der Waals surface area (Å²) in [6.45, 7) is 1.03. The lowest BCUT2D eigenvalue weighted by Gasteiger charge is -2.11. The first kappa shape index (κ1) is 20.4. The van der Waals surface area contributed by atoms with Gasteiger partial charge in [0.25, 0.3) is 0 Å². The van der Waals surface area contributed by atoms with Gasteiger partial charge in [-0.05, 0) is 34.9 Å². The van der Waals surface area contributed by atoms with Crippen LogP contribution < -0.4 is 5.32 Å². The number of hydrogen-bond donors (Lipinski definition) is 1. The Morgan fingerprint density at radius 3 is 2.19 bits per heavy atom. The van der Waals surface area contributed by atoms with Crippen LogP contribution in [0.5, 0.6) is 0 Å². The van der Waals surface area contributed by atoms with Gasteiger partial charge in [-0.15, -0.1) is 0 Å². The van der Waals surface area contributed by atoms with Crippen LogP contribution in [-0.2, 0) is 13.1 Å². The zero-order valence-corrected chi connectivity index (χ0v) is 16.6. The smallest absolute Gasteiger partial charge is 0.159 e. The first-order valence-corrected chi connectivity index (χ1v) is 9.83. The monoisotopic (exact) mass is 411 g/mol. The maximum absolute atomic E-state index is 13.3. The quantitative estimate of drug-likeness (QED) is 0.433. The van der Waals surface area contributed by atoms with Gasteiger partial charge in [0.1, 0.15) is 6.07 Å². The van der Waals surface area contributed by atoms with Crippen LogP contribution in [0.2, 0.25) is 0 Å². The molecule has 1 aromatic heterocycles. The molecule has 0 saturated heterocycles. The largest absolute Gasteiger partial charge is 0.309 e. The van der Waals surface area contributed by atoms with Gasteiger partial charge in [0, 0.05) is 30.4 Å². The molecule has 0 amide bonds. The molecule has 4 rings (SSSR count). The Kier molecular flexibility index (Phi) is 6.11. The molecule has 3 nitrogen and oxygen atoms in total. The van der Waals surface area contributed by atoms with Crippen molar-refractivity contribution < 1.29 is 8.78 Å². The molecule has 0 unspecified atom stereocenters. The third-order valence-corrected chi connectivity index (χ3v) is 4.97. The normalized spacial score (nSPS) is 10.6. The van der Waals surface area contributed by atoms with Crippen molar-refractivity contribution in [2.24, 2.45) is 0 Å². The van der Waals surface area contributed by atoms with E-state index >= 15 is 0 Å². The molecule has 0 atom stereocenters. The topological polar surface area (TPSA) is 48.7 Å². The van der Waals surface area contributed by atoms with E-state index in [1.54, 1.807) is 12.3 Å². The van der Waals surface area contributed by atoms with Crippen LogP contribution in [-0.4, -0.2) is 4.98 Å². The number of hydrogen-bond acceptors (Lipinski definition) is 3. The van der Waals surface area contributed by atoms with E-state index < -0.39 is 11.6 Å². The van der Waals surface area contributed by atoms with Gasteiger partial charge in [-0.3, -0.25) is 4.98 Å². The predicted molar refractivity (Wildman–Crippen MR) is 117 cm³/mol. The van der Waals surface area contributed by atoms with E-state index in [1.165, 1.54) is 6.07 Å². The number of aromatic nitrogens is 1. The van der Waals surface area contributed by atoms with Gasteiger partial charge >= 0.3 is 0 Å². The van der Waals surface area contributed by atoms with Gasteiger partial charge in [-0.2, -0.15) is 5.26 Å². The molecule has 31 heavy (non-hydrogen) atoms. The van der Waals surface area contributed by atoms with E-state index in [0.717, 1.165) is 34.0 Å². The van der Waals surface area contributed by atoms with Crippen LogP contribution in [0.4, 0.5) is 8.78 Å². The van der Waals surface area contributed by atoms with E-state index in [4.69, 9.17) is 0 Å². The van der Waals surface area contributed by atoms with Gasteiger partial charge in [0.15, 0.2) is 11.6 Å². The Labute approximate surface area is 179 Å². The van der Waals surface area contributed by atoms with Crippen molar-refractivity contribution in [2.45, 2.75) is 13.1 Å². The van der Waals surface area contributed by atoms with Crippen molar-refractivity contribution in [3.8, 4) is 28.5 Å². The number of nitrogens with zero attached hydrogens (tertiary/aromatic N) is 2. The second-order valence-corrected chi connectivity index (χ2v) is 7.15. The van der Waals surface area contributed by atoms with Crippen LogP contribution in [0.25, 0.3) is 22.4 Å². The minimum Gasteiger partial charge on any atom is -0.309 e. The number of rotatable bonds is 6. The van der Waals surface area contributed by atoms with Crippen LogP contribution >= 0.6 is 0 Å². The van der Waals surface area contributed by atoms with Crippen LogP contribution in [0.15, 0.2) is 85.1 Å². The van der Waals surface area contributed by atoms with Gasteiger partial charge in [0.05, 0.1) is 11.3 Å². The maximum Gasteiger partial charge on any atom is 0.159 e. The number of halogens is 2. The zero-order chi connectivity index (χ0) is 21.6. The SMILES string of the molecule is N#Cc1cnc(-c2ccc(CNCc3ccc(F)c(F)c3)cc2)c(-c2ccccc2)c1. The Hall–Kier alpha value is -3.88. The molecule has 1 N–H and O–H groups in total. The van der Waals surface area contributed by atoms with Crippen molar-refractivity contribution in [3.63, 3.8) is 0 Å². The zero-order valence-electron chi connectivity index (χ0n) is 16.6. The van der Waals surface area contributed by atoms with Crippen molar-refractivity contribution in [1.29, 1.82) is 5.26 Å². The Balaban J connectivity index is 1.50. The number of benzene rings is 3. The highest BCUT2D eigenvalue weighted by Gasteiger charge is 2.10. The van der Waals surface area contributed by atoms with Gasteiger partial charge in [-0.1, -0.05) is 60.7 Å². The Morgan fingerprint density at radius 1 is 0.774 bits per heavy atom. The predicted octanol–water partition coefficient (Wildman–Crippen LogP) is 5.86. The van der Waals surface area contributed by atoms with Crippen LogP contribution in [0.1, 0.15) is 16.7 Å². The molecule has 1 heterocycles. The fourth-order valence-electron chi connectivity index (χ4n) is 3.37. The lowest BCUT2D eigenvalue weighted by atomic mass is 9.97. The van der Waals surface area contributed by atoms with Gasteiger partial charge < -0.3 is 5.32 Å². The van der Waals surface area contributed by atoms with E-state index in [-0.39, 0.29) is 0 Å². The number of nitrogens with one attached hydrogen (secondary N) is 1. The van der Waals surface area contributed by atoms with Crippen LogP contribution in [0, 0.1) is 23.0 Å². The summed E-state index contributed by atoms with van der Waals surface area (Å²) in [5.74, 6) is -1.68. The number of pyridine rings is 1. The molecule has 4 aromatic rings. The van der Waals surface area contributed by atoms with Gasteiger partial charge in [0.2, 0.25) is 0 Å². The van der Waals surface area contributed by atoms with Crippen molar-refractivity contribution >= 4 is 0 Å². The first-order valence-electron chi connectivity index (χ1n) is 9.83. The molecule has 152 valence electrons. The summed E-state index contributed by atoms with van der Waals surface area (Å²) in [5.41, 5.74) is 5.93. The Bertz CT molecular complexity index is 1230. The number of nitriles is 1. The molecule has 0 aliphatic carbocycles. The fraction of sp³-hybridized carbons (Fsp3) is 0.0769. The highest BCUT2D eigenvalue weighted by Crippen LogP contribution is 2.31. The molecular formula is C26H19F2N3. The summed E-state index contributed by atoms with van der Waals surface area (Å²) >= 11 is 0. The minimum absolute atomic E-state index is 0.439. The van der Waals surface area contributed by atoms with Crippen LogP contribution in [0.3, 0.4) is 0 Å². The summed E-state index contributed by atoms with van der Waals surface area (Å²) < 4.78 is 26.3. The summed E-state index contributed by atoms with van der Waals surface area (Å²) in [6, 6.07) is 25.8. The molecule has 0 aliphatic rings. The van der Waals surface area contributed by atoms with Gasteiger partial charge in [-0.25, -0.2) is 8.78 Å². The van der Waals surface area contributed by atoms with E-state index in [0.29, 0.717) is 24.2 Å².